The van der Waals surface area contributed by atoms with Crippen molar-refractivity contribution in [3.05, 3.63) is 104 Å². The van der Waals surface area contributed by atoms with Gasteiger partial charge in [-0.1, -0.05) is 42.5 Å². The first-order chi connectivity index (χ1) is 17.3. The van der Waals surface area contributed by atoms with E-state index in [9.17, 15) is 24.1 Å². The van der Waals surface area contributed by atoms with Crippen molar-refractivity contribution in [2.45, 2.75) is 19.6 Å². The number of carbonyl (C=O) groups is 2. The second-order valence-corrected chi connectivity index (χ2v) is 8.97. The van der Waals surface area contributed by atoms with Gasteiger partial charge in [-0.25, -0.2) is 9.18 Å². The first-order valence-electron chi connectivity index (χ1n) is 10.8. The molecule has 36 heavy (non-hydrogen) atoms. The number of halogens is 1. The summed E-state index contributed by atoms with van der Waals surface area (Å²) in [6.45, 7) is 1.65. The highest BCUT2D eigenvalue weighted by molar-refractivity contribution is 7.21. The number of methoxy groups -OCH3 is 1. The van der Waals surface area contributed by atoms with Gasteiger partial charge in [0.1, 0.15) is 16.4 Å². The van der Waals surface area contributed by atoms with Crippen LogP contribution in [0, 0.1) is 22.9 Å². The third-order valence-corrected chi connectivity index (χ3v) is 6.59. The van der Waals surface area contributed by atoms with Gasteiger partial charge in [0.25, 0.3) is 11.6 Å². The summed E-state index contributed by atoms with van der Waals surface area (Å²) in [6.07, 6.45) is -1.43. The van der Waals surface area contributed by atoms with Crippen LogP contribution in [0.4, 0.5) is 15.8 Å². The van der Waals surface area contributed by atoms with Gasteiger partial charge in [-0.2, -0.15) is 0 Å². The van der Waals surface area contributed by atoms with Crippen LogP contribution in [0.3, 0.4) is 0 Å². The molecule has 0 bridgehead atoms. The summed E-state index contributed by atoms with van der Waals surface area (Å²) in [5.41, 5.74) is 1.01. The Labute approximate surface area is 209 Å². The number of nitrogens with zero attached hydrogens (tertiary/aromatic N) is 1. The molecule has 4 aromatic rings. The lowest BCUT2D eigenvalue weighted by atomic mass is 10.1. The van der Waals surface area contributed by atoms with Gasteiger partial charge in [-0.15, -0.1) is 11.3 Å². The number of ether oxygens (including phenoxy) is 2. The third-order valence-electron chi connectivity index (χ3n) is 5.41. The highest BCUT2D eigenvalue weighted by Gasteiger charge is 2.30. The predicted molar refractivity (Wildman–Crippen MR) is 134 cm³/mol. The van der Waals surface area contributed by atoms with Gasteiger partial charge in [0.15, 0.2) is 0 Å². The van der Waals surface area contributed by atoms with Crippen molar-refractivity contribution >= 4 is 44.7 Å². The van der Waals surface area contributed by atoms with Crippen LogP contribution in [0.5, 0.6) is 0 Å². The van der Waals surface area contributed by atoms with E-state index < -0.39 is 28.7 Å². The molecule has 8 nitrogen and oxygen atoms in total. The Balaban J connectivity index is 1.70. The third kappa shape index (κ3) is 5.09. The number of nitro groups is 1. The molecule has 0 fully saturated rings. The van der Waals surface area contributed by atoms with Crippen LogP contribution in [0.2, 0.25) is 0 Å². The Morgan fingerprint density at radius 1 is 1.11 bits per heavy atom. The fourth-order valence-corrected chi connectivity index (χ4v) is 4.88. The fourth-order valence-electron chi connectivity index (χ4n) is 3.77. The number of nitro benzene ring substituents is 1. The molecule has 1 N–H and O–H groups in total. The SMILES string of the molecule is COCc1c(C(=O)O[C@@H](C(=O)Nc2ccc(C)cc2[N+](=O)[O-])c2ccccc2)sc2cccc(F)c12. The first-order valence-corrected chi connectivity index (χ1v) is 11.6. The Morgan fingerprint density at radius 2 is 1.86 bits per heavy atom. The molecular formula is C26H21FN2O6S. The number of amides is 1. The molecule has 1 aromatic heterocycles. The molecule has 0 unspecified atom stereocenters. The molecule has 0 saturated heterocycles. The molecule has 1 heterocycles. The topological polar surface area (TPSA) is 108 Å². The van der Waals surface area contributed by atoms with Gasteiger partial charge >= 0.3 is 5.97 Å². The number of thiophene rings is 1. The first kappa shape index (κ1) is 25.0. The summed E-state index contributed by atoms with van der Waals surface area (Å²) in [7, 11) is 1.42. The lowest BCUT2D eigenvalue weighted by Gasteiger charge is -2.18. The number of aryl methyl sites for hydroxylation is 1. The van der Waals surface area contributed by atoms with E-state index in [1.165, 1.54) is 31.4 Å². The molecule has 0 aliphatic carbocycles. The summed E-state index contributed by atoms with van der Waals surface area (Å²) in [5, 5.41) is 14.3. The average Bonchev–Trinajstić information content (AvgIpc) is 3.24. The van der Waals surface area contributed by atoms with Gasteiger partial charge in [0, 0.05) is 34.4 Å². The molecule has 184 valence electrons. The fraction of sp³-hybridized carbons (Fsp3) is 0.154. The highest BCUT2D eigenvalue weighted by Crippen LogP contribution is 2.35. The smallest absolute Gasteiger partial charge is 0.349 e. The van der Waals surface area contributed by atoms with Crippen LogP contribution < -0.4 is 5.32 Å². The monoisotopic (exact) mass is 508 g/mol. The van der Waals surface area contributed by atoms with Crippen LogP contribution in [-0.4, -0.2) is 23.9 Å². The van der Waals surface area contributed by atoms with Crippen LogP contribution >= 0.6 is 11.3 Å². The summed E-state index contributed by atoms with van der Waals surface area (Å²) in [6, 6.07) is 17.1. The maximum absolute atomic E-state index is 14.6. The molecule has 4 rings (SSSR count). The van der Waals surface area contributed by atoms with Crippen molar-refractivity contribution in [2.75, 3.05) is 12.4 Å². The lowest BCUT2D eigenvalue weighted by Crippen LogP contribution is -2.26. The minimum atomic E-state index is -1.43. The van der Waals surface area contributed by atoms with E-state index in [1.807, 2.05) is 0 Å². The van der Waals surface area contributed by atoms with Crippen LogP contribution in [0.15, 0.2) is 66.7 Å². The second-order valence-electron chi connectivity index (χ2n) is 7.92. The van der Waals surface area contributed by atoms with E-state index in [1.54, 1.807) is 49.4 Å². The summed E-state index contributed by atoms with van der Waals surface area (Å²) >= 11 is 1.03. The van der Waals surface area contributed by atoms with E-state index in [4.69, 9.17) is 9.47 Å². The molecule has 10 heteroatoms. The largest absolute Gasteiger partial charge is 0.443 e. The Bertz CT molecular complexity index is 1450. The molecule has 0 aliphatic rings. The van der Waals surface area contributed by atoms with Crippen molar-refractivity contribution in [3.8, 4) is 0 Å². The van der Waals surface area contributed by atoms with Crippen molar-refractivity contribution in [2.24, 2.45) is 0 Å². The number of carbonyl (C=O) groups excluding carboxylic acids is 2. The molecule has 0 saturated carbocycles. The Morgan fingerprint density at radius 3 is 2.56 bits per heavy atom. The zero-order chi connectivity index (χ0) is 25.8. The van der Waals surface area contributed by atoms with Gasteiger partial charge in [0.2, 0.25) is 6.10 Å². The van der Waals surface area contributed by atoms with E-state index in [0.717, 1.165) is 11.3 Å². The highest BCUT2D eigenvalue weighted by atomic mass is 32.1. The maximum atomic E-state index is 14.6. The van der Waals surface area contributed by atoms with Gasteiger partial charge in [0.05, 0.1) is 11.5 Å². The van der Waals surface area contributed by atoms with Crippen LogP contribution in [-0.2, 0) is 20.9 Å². The average molecular weight is 509 g/mol. The normalized spacial score (nSPS) is 11.8. The molecule has 3 aromatic carbocycles. The molecule has 0 spiro atoms. The molecular weight excluding hydrogens is 487 g/mol. The molecule has 1 atom stereocenters. The second kappa shape index (κ2) is 10.6. The number of rotatable bonds is 8. The van der Waals surface area contributed by atoms with Crippen molar-refractivity contribution < 1.29 is 28.4 Å². The summed E-state index contributed by atoms with van der Waals surface area (Å²) in [5.74, 6) is -2.12. The number of hydrogen-bond donors (Lipinski definition) is 1. The van der Waals surface area contributed by atoms with Gasteiger partial charge < -0.3 is 14.8 Å². The maximum Gasteiger partial charge on any atom is 0.349 e. The van der Waals surface area contributed by atoms with Gasteiger partial charge in [-0.05, 0) is 30.7 Å². The number of fused-ring (bicyclic) bond motifs is 1. The molecule has 1 amide bonds. The predicted octanol–water partition coefficient (Wildman–Crippen LogP) is 5.94. The number of esters is 1. The summed E-state index contributed by atoms with van der Waals surface area (Å²) in [4.78, 5) is 37.6. The van der Waals surface area contributed by atoms with E-state index in [0.29, 0.717) is 21.4 Å². The van der Waals surface area contributed by atoms with E-state index in [2.05, 4.69) is 5.32 Å². The molecule has 0 aliphatic heterocycles. The van der Waals surface area contributed by atoms with Crippen molar-refractivity contribution in [1.29, 1.82) is 0 Å². The zero-order valence-corrected chi connectivity index (χ0v) is 20.1. The number of benzene rings is 3. The zero-order valence-electron chi connectivity index (χ0n) is 19.3. The number of anilines is 1. The van der Waals surface area contributed by atoms with E-state index in [-0.39, 0.29) is 28.2 Å². The molecule has 0 radical (unpaired) electrons. The van der Waals surface area contributed by atoms with E-state index >= 15 is 0 Å². The van der Waals surface area contributed by atoms with Gasteiger partial charge in [-0.3, -0.25) is 14.9 Å². The van der Waals surface area contributed by atoms with Crippen LogP contribution in [0.25, 0.3) is 10.1 Å². The Hall–Kier alpha value is -4.15. The van der Waals surface area contributed by atoms with Crippen LogP contribution in [0.1, 0.15) is 32.5 Å². The Kier molecular flexibility index (Phi) is 7.37. The lowest BCUT2D eigenvalue weighted by molar-refractivity contribution is -0.384. The van der Waals surface area contributed by atoms with Crippen molar-refractivity contribution in [1.82, 2.24) is 0 Å². The number of hydrogen-bond acceptors (Lipinski definition) is 7. The standard InChI is InChI=1S/C26H21FN2O6S/c1-15-11-12-19(20(13-15)29(32)33)28-25(30)23(16-7-4-3-5-8-16)35-26(31)24-17(14-34-2)22-18(27)9-6-10-21(22)36-24/h3-13,23H,14H2,1-2H3,(H,28,30)/t23-/m1/s1. The minimum absolute atomic E-state index is 0.0309. The number of nitrogens with one attached hydrogen (secondary N) is 1. The quantitative estimate of drug-likeness (QED) is 0.179. The minimum Gasteiger partial charge on any atom is -0.443 e. The summed E-state index contributed by atoms with van der Waals surface area (Å²) < 4.78 is 25.9. The van der Waals surface area contributed by atoms with Crippen molar-refractivity contribution in [3.63, 3.8) is 0 Å².